The number of nitro groups is 1. The fourth-order valence-electron chi connectivity index (χ4n) is 2.30. The van der Waals surface area contributed by atoms with Crippen molar-refractivity contribution in [3.63, 3.8) is 0 Å². The number of nitrogens with zero attached hydrogens (tertiary/aromatic N) is 2. The quantitative estimate of drug-likeness (QED) is 0.650. The van der Waals surface area contributed by atoms with Gasteiger partial charge in [0.25, 0.3) is 5.69 Å². The lowest BCUT2D eigenvalue weighted by Gasteiger charge is -2.46. The first kappa shape index (κ1) is 14.3. The van der Waals surface area contributed by atoms with Gasteiger partial charge in [-0.05, 0) is 18.6 Å². The van der Waals surface area contributed by atoms with Crippen LogP contribution in [0.1, 0.15) is 19.8 Å². The molecule has 108 valence electrons. The fraction of sp³-hybridized carbons (Fsp3) is 0.462. The van der Waals surface area contributed by atoms with Crippen LogP contribution in [0, 0.1) is 10.1 Å². The van der Waals surface area contributed by atoms with Gasteiger partial charge in [-0.2, -0.15) is 0 Å². The zero-order valence-electron chi connectivity index (χ0n) is 11.2. The summed E-state index contributed by atoms with van der Waals surface area (Å²) in [7, 11) is 0. The van der Waals surface area contributed by atoms with Gasteiger partial charge >= 0.3 is 6.03 Å². The number of hydrogen-bond acceptors (Lipinski definition) is 4. The van der Waals surface area contributed by atoms with E-state index in [1.165, 1.54) is 29.2 Å². The molecular weight excluding hydrogens is 262 g/mol. The third-order valence-electron chi connectivity index (χ3n) is 3.30. The van der Waals surface area contributed by atoms with Crippen molar-refractivity contribution in [2.75, 3.05) is 18.4 Å². The lowest BCUT2D eigenvalue weighted by molar-refractivity contribution is -0.384. The minimum Gasteiger partial charge on any atom is -0.386 e. The molecule has 1 aliphatic rings. The molecule has 20 heavy (non-hydrogen) atoms. The van der Waals surface area contributed by atoms with Crippen molar-refractivity contribution in [3.05, 3.63) is 34.4 Å². The Hall–Kier alpha value is -2.15. The van der Waals surface area contributed by atoms with Crippen LogP contribution in [0.15, 0.2) is 24.3 Å². The number of benzene rings is 1. The maximum atomic E-state index is 11.9. The molecule has 0 saturated carbocycles. The van der Waals surface area contributed by atoms with E-state index in [1.807, 2.05) is 6.92 Å². The molecule has 1 saturated heterocycles. The first-order valence-corrected chi connectivity index (χ1v) is 6.46. The van der Waals surface area contributed by atoms with Crippen LogP contribution < -0.4 is 5.32 Å². The van der Waals surface area contributed by atoms with E-state index >= 15 is 0 Å². The number of anilines is 1. The summed E-state index contributed by atoms with van der Waals surface area (Å²) in [5.41, 5.74) is -0.294. The Morgan fingerprint density at radius 3 is 2.55 bits per heavy atom. The number of carbonyl (C=O) groups is 1. The molecule has 7 nitrogen and oxygen atoms in total. The summed E-state index contributed by atoms with van der Waals surface area (Å²) in [5, 5.41) is 23.2. The van der Waals surface area contributed by atoms with E-state index in [0.717, 1.165) is 6.42 Å². The highest BCUT2D eigenvalue weighted by molar-refractivity contribution is 5.90. The van der Waals surface area contributed by atoms with Gasteiger partial charge in [0.2, 0.25) is 0 Å². The molecule has 0 aromatic heterocycles. The summed E-state index contributed by atoms with van der Waals surface area (Å²) in [5.74, 6) is 0. The van der Waals surface area contributed by atoms with Crippen LogP contribution >= 0.6 is 0 Å². The summed E-state index contributed by atoms with van der Waals surface area (Å²) in [6.07, 6.45) is 1.54. The second-order valence-electron chi connectivity index (χ2n) is 5.06. The van der Waals surface area contributed by atoms with Crippen LogP contribution in [0.5, 0.6) is 0 Å². The van der Waals surface area contributed by atoms with Crippen molar-refractivity contribution < 1.29 is 14.8 Å². The van der Waals surface area contributed by atoms with E-state index in [9.17, 15) is 20.0 Å². The normalized spacial score (nSPS) is 16.4. The van der Waals surface area contributed by atoms with Gasteiger partial charge in [-0.1, -0.05) is 13.3 Å². The zero-order chi connectivity index (χ0) is 14.8. The average molecular weight is 279 g/mol. The van der Waals surface area contributed by atoms with Gasteiger partial charge in [-0.25, -0.2) is 4.79 Å². The lowest BCUT2D eigenvalue weighted by atomic mass is 9.90. The molecule has 7 heteroatoms. The predicted molar refractivity (Wildman–Crippen MR) is 73.5 cm³/mol. The topological polar surface area (TPSA) is 95.7 Å². The van der Waals surface area contributed by atoms with Gasteiger partial charge in [0, 0.05) is 17.8 Å². The fourth-order valence-corrected chi connectivity index (χ4v) is 2.30. The molecule has 1 heterocycles. The number of rotatable bonds is 4. The zero-order valence-corrected chi connectivity index (χ0v) is 11.2. The molecule has 0 atom stereocenters. The van der Waals surface area contributed by atoms with Crippen molar-refractivity contribution in [3.8, 4) is 0 Å². The van der Waals surface area contributed by atoms with Crippen molar-refractivity contribution in [2.24, 2.45) is 0 Å². The van der Waals surface area contributed by atoms with Crippen LogP contribution in [0.3, 0.4) is 0 Å². The number of likely N-dealkylation sites (tertiary alicyclic amines) is 1. The third-order valence-corrected chi connectivity index (χ3v) is 3.30. The molecule has 1 aliphatic heterocycles. The smallest absolute Gasteiger partial charge is 0.322 e. The van der Waals surface area contributed by atoms with E-state index in [4.69, 9.17) is 0 Å². The monoisotopic (exact) mass is 279 g/mol. The van der Waals surface area contributed by atoms with E-state index in [0.29, 0.717) is 25.2 Å². The number of β-amino-alcohol motifs (C(OH)–C–C–N with tert-alkyl or cyclic N) is 1. The third kappa shape index (κ3) is 3.05. The molecule has 0 aliphatic carbocycles. The van der Waals surface area contributed by atoms with E-state index < -0.39 is 10.5 Å². The molecular formula is C13H17N3O4. The number of nitrogens with one attached hydrogen (secondary N) is 1. The van der Waals surface area contributed by atoms with Gasteiger partial charge in [-0.3, -0.25) is 10.1 Å². The van der Waals surface area contributed by atoms with Crippen molar-refractivity contribution >= 4 is 17.4 Å². The van der Waals surface area contributed by atoms with Crippen molar-refractivity contribution in [2.45, 2.75) is 25.4 Å². The number of urea groups is 1. The number of aliphatic hydroxyl groups is 1. The molecule has 2 N–H and O–H groups in total. The highest BCUT2D eigenvalue weighted by Crippen LogP contribution is 2.26. The SMILES string of the molecule is CCCC1(O)CN(C(=O)Nc2ccc([N+](=O)[O-])cc2)C1. The lowest BCUT2D eigenvalue weighted by Crippen LogP contribution is -2.64. The summed E-state index contributed by atoms with van der Waals surface area (Å²) in [6.45, 7) is 2.62. The Bertz CT molecular complexity index is 509. The molecule has 0 radical (unpaired) electrons. The largest absolute Gasteiger partial charge is 0.386 e. The second kappa shape index (κ2) is 5.46. The predicted octanol–water partition coefficient (Wildman–Crippen LogP) is 1.97. The maximum Gasteiger partial charge on any atom is 0.322 e. The van der Waals surface area contributed by atoms with E-state index in [1.54, 1.807) is 0 Å². The molecule has 2 rings (SSSR count). The van der Waals surface area contributed by atoms with Gasteiger partial charge in [0.05, 0.1) is 23.6 Å². The molecule has 1 aromatic carbocycles. The Morgan fingerprint density at radius 2 is 2.05 bits per heavy atom. The average Bonchev–Trinajstić information content (AvgIpc) is 2.36. The standard InChI is InChI=1S/C13H17N3O4/c1-2-7-13(18)8-15(9-13)12(17)14-10-3-5-11(6-4-10)16(19)20/h3-6,18H,2,7-9H2,1H3,(H,14,17). The molecule has 1 fully saturated rings. The highest BCUT2D eigenvalue weighted by atomic mass is 16.6. The van der Waals surface area contributed by atoms with Crippen LogP contribution in [0.2, 0.25) is 0 Å². The number of nitro benzene ring substituents is 1. The van der Waals surface area contributed by atoms with Gasteiger partial charge < -0.3 is 15.3 Å². The Balaban J connectivity index is 1.88. The van der Waals surface area contributed by atoms with E-state index in [2.05, 4.69) is 5.32 Å². The van der Waals surface area contributed by atoms with Crippen LogP contribution in [0.4, 0.5) is 16.2 Å². The van der Waals surface area contributed by atoms with Crippen LogP contribution in [-0.2, 0) is 0 Å². The minimum absolute atomic E-state index is 0.0238. The van der Waals surface area contributed by atoms with Crippen LogP contribution in [0.25, 0.3) is 0 Å². The molecule has 0 unspecified atom stereocenters. The number of carbonyl (C=O) groups excluding carboxylic acids is 1. The molecule has 2 amide bonds. The van der Waals surface area contributed by atoms with Gasteiger partial charge in [0.15, 0.2) is 0 Å². The Labute approximate surface area is 116 Å². The first-order valence-electron chi connectivity index (χ1n) is 6.46. The van der Waals surface area contributed by atoms with E-state index in [-0.39, 0.29) is 11.7 Å². The molecule has 0 spiro atoms. The highest BCUT2D eigenvalue weighted by Gasteiger charge is 2.42. The van der Waals surface area contributed by atoms with Gasteiger partial charge in [0.1, 0.15) is 0 Å². The maximum absolute atomic E-state index is 11.9. The summed E-state index contributed by atoms with van der Waals surface area (Å²) >= 11 is 0. The summed E-state index contributed by atoms with van der Waals surface area (Å²) < 4.78 is 0. The number of non-ortho nitro benzene ring substituents is 1. The van der Waals surface area contributed by atoms with Crippen molar-refractivity contribution in [1.82, 2.24) is 4.90 Å². The van der Waals surface area contributed by atoms with Crippen molar-refractivity contribution in [1.29, 1.82) is 0 Å². The summed E-state index contributed by atoms with van der Waals surface area (Å²) in [6, 6.07) is 5.32. The summed E-state index contributed by atoms with van der Waals surface area (Å²) in [4.78, 5) is 23.4. The first-order chi connectivity index (χ1) is 9.43. The van der Waals surface area contributed by atoms with Crippen LogP contribution in [-0.4, -0.2) is 39.7 Å². The minimum atomic E-state index is -0.762. The number of hydrogen-bond donors (Lipinski definition) is 2. The molecule has 0 bridgehead atoms. The second-order valence-corrected chi connectivity index (χ2v) is 5.06. The van der Waals surface area contributed by atoms with Gasteiger partial charge in [-0.15, -0.1) is 0 Å². The number of amides is 2. The Morgan fingerprint density at radius 1 is 1.45 bits per heavy atom. The molecule has 1 aromatic rings. The Kier molecular flexibility index (Phi) is 3.89.